The van der Waals surface area contributed by atoms with E-state index in [-0.39, 0.29) is 11.8 Å². The van der Waals surface area contributed by atoms with Crippen LogP contribution in [0.1, 0.15) is 56.1 Å². The highest BCUT2D eigenvalue weighted by Crippen LogP contribution is 2.20. The van der Waals surface area contributed by atoms with Crippen LogP contribution in [-0.4, -0.2) is 29.7 Å². The number of amidine groups is 1. The Hall–Kier alpha value is -3.36. The van der Waals surface area contributed by atoms with Gasteiger partial charge in [0.15, 0.2) is 11.9 Å². The second kappa shape index (κ2) is 11.7. The van der Waals surface area contributed by atoms with Crippen LogP contribution >= 0.6 is 0 Å². The molecule has 1 aromatic rings. The van der Waals surface area contributed by atoms with Crippen molar-refractivity contribution in [1.29, 1.82) is 0 Å². The predicted octanol–water partition coefficient (Wildman–Crippen LogP) is 4.73. The number of allylic oxidation sites excluding steroid dienone is 2. The van der Waals surface area contributed by atoms with Gasteiger partial charge in [0.1, 0.15) is 5.84 Å². The van der Waals surface area contributed by atoms with Crippen LogP contribution in [-0.2, 0) is 0 Å². The Morgan fingerprint density at radius 3 is 2.35 bits per heavy atom. The van der Waals surface area contributed by atoms with Gasteiger partial charge >= 0.3 is 0 Å². The summed E-state index contributed by atoms with van der Waals surface area (Å²) < 4.78 is 0. The molecule has 0 saturated carbocycles. The maximum atomic E-state index is 11.8. The molecule has 0 bridgehead atoms. The van der Waals surface area contributed by atoms with E-state index in [2.05, 4.69) is 36.0 Å². The zero-order chi connectivity index (χ0) is 23.7. The van der Waals surface area contributed by atoms with Crippen LogP contribution in [0, 0.1) is 12.3 Å². The molecule has 164 valence electrons. The molecule has 5 heteroatoms. The maximum absolute atomic E-state index is 11.8. The molecule has 0 aliphatic rings. The van der Waals surface area contributed by atoms with Crippen LogP contribution in [0.5, 0.6) is 0 Å². The minimum atomic E-state index is -0.700. The molecule has 0 spiro atoms. The summed E-state index contributed by atoms with van der Waals surface area (Å²) in [5.74, 6) is 3.19. The fourth-order valence-corrected chi connectivity index (χ4v) is 2.86. The largest absolute Gasteiger partial charge is 0.379 e. The summed E-state index contributed by atoms with van der Waals surface area (Å²) in [5, 5.41) is 3.36. The zero-order valence-electron chi connectivity index (χ0n) is 19.3. The molecule has 2 unspecified atom stereocenters. The fourth-order valence-electron chi connectivity index (χ4n) is 2.86. The number of hydrogen-bond acceptors (Lipinski definition) is 4. The molecule has 1 aromatic carbocycles. The molecular weight excluding hydrogens is 384 g/mol. The topological polar surface area (TPSA) is 70.7 Å². The van der Waals surface area contributed by atoms with Crippen LogP contribution in [0.4, 0.5) is 0 Å². The summed E-state index contributed by atoms with van der Waals surface area (Å²) in [5.41, 5.74) is 10.6. The lowest BCUT2D eigenvalue weighted by Crippen LogP contribution is -2.28. The van der Waals surface area contributed by atoms with Crippen molar-refractivity contribution in [2.45, 2.75) is 46.3 Å². The van der Waals surface area contributed by atoms with Crippen LogP contribution in [0.3, 0.4) is 0 Å². The van der Waals surface area contributed by atoms with Crippen molar-refractivity contribution in [1.82, 2.24) is 10.2 Å². The van der Waals surface area contributed by atoms with Crippen molar-refractivity contribution >= 4 is 11.6 Å². The Morgan fingerprint density at radius 2 is 1.87 bits per heavy atom. The molecule has 5 nitrogen and oxygen atoms in total. The highest BCUT2D eigenvalue weighted by molar-refractivity contribution is 5.95. The molecular formula is C26H34N4O. The number of nitrogens with zero attached hydrogens (tertiary/aromatic N) is 2. The van der Waals surface area contributed by atoms with Crippen molar-refractivity contribution in [3.63, 3.8) is 0 Å². The van der Waals surface area contributed by atoms with Gasteiger partial charge in [-0.1, -0.05) is 56.8 Å². The summed E-state index contributed by atoms with van der Waals surface area (Å²) >= 11 is 0. The summed E-state index contributed by atoms with van der Waals surface area (Å²) in [7, 11) is 1.87. The normalized spacial score (nSPS) is 13.6. The second-order valence-corrected chi connectivity index (χ2v) is 7.43. The first-order valence-corrected chi connectivity index (χ1v) is 10.2. The Balaban J connectivity index is 2.96. The number of ketones is 1. The van der Waals surface area contributed by atoms with Gasteiger partial charge in [-0.15, -0.1) is 6.42 Å². The second-order valence-electron chi connectivity index (χ2n) is 7.43. The number of terminal acetylenes is 1. The van der Waals surface area contributed by atoms with E-state index in [1.54, 1.807) is 0 Å². The molecule has 1 rings (SSSR count). The minimum Gasteiger partial charge on any atom is -0.379 e. The Labute approximate surface area is 187 Å². The lowest BCUT2D eigenvalue weighted by Gasteiger charge is -2.24. The average molecular weight is 419 g/mol. The molecule has 2 atom stereocenters. The SMILES string of the molecule is C#CC(N)/N=C(/C)N(C)/C(=C\C(=C)C(=C)NC(C)c1ccc(C(=O)CC)cc1)C(=C)C. The first-order valence-electron chi connectivity index (χ1n) is 10.2. The van der Waals surface area contributed by atoms with E-state index in [0.29, 0.717) is 23.5 Å². The van der Waals surface area contributed by atoms with Gasteiger partial charge in [0, 0.05) is 36.5 Å². The third kappa shape index (κ3) is 7.44. The lowest BCUT2D eigenvalue weighted by atomic mass is 10.0. The number of hydrogen-bond donors (Lipinski definition) is 2. The lowest BCUT2D eigenvalue weighted by molar-refractivity contribution is 0.0988. The van der Waals surface area contributed by atoms with Gasteiger partial charge in [-0.3, -0.25) is 10.5 Å². The summed E-state index contributed by atoms with van der Waals surface area (Å²) in [4.78, 5) is 18.0. The molecule has 31 heavy (non-hydrogen) atoms. The molecule has 0 fully saturated rings. The third-order valence-corrected chi connectivity index (χ3v) is 4.92. The van der Waals surface area contributed by atoms with Crippen molar-refractivity contribution in [3.05, 3.63) is 83.7 Å². The predicted molar refractivity (Wildman–Crippen MR) is 131 cm³/mol. The van der Waals surface area contributed by atoms with Crippen LogP contribution in [0.25, 0.3) is 0 Å². The highest BCUT2D eigenvalue weighted by atomic mass is 16.1. The Morgan fingerprint density at radius 1 is 1.29 bits per heavy atom. The number of aliphatic imine (C=N–C) groups is 1. The minimum absolute atomic E-state index is 0.00800. The number of carbonyl (C=O) groups excluding carboxylic acids is 1. The fraction of sp³-hybridized carbons (Fsp3) is 0.308. The molecule has 0 aliphatic heterocycles. The van der Waals surface area contributed by atoms with Gasteiger partial charge in [-0.05, 0) is 43.6 Å². The standard InChI is InChI=1S/C26H34N4O/c1-10-25(31)23-14-12-22(13-15-23)20(7)28-19(6)18(5)16-24(17(3)4)30(9)21(8)29-26(27)11-2/h2,12-16,20,26,28H,3,5-6,10,27H2,1,4,7-9H3/b24-16-,29-21-. The third-order valence-electron chi connectivity index (χ3n) is 4.92. The maximum Gasteiger partial charge on any atom is 0.162 e. The van der Waals surface area contributed by atoms with Crippen LogP contribution < -0.4 is 11.1 Å². The molecule has 0 heterocycles. The Kier molecular flexibility index (Phi) is 9.72. The van der Waals surface area contributed by atoms with E-state index in [1.165, 1.54) is 0 Å². The number of benzene rings is 1. The van der Waals surface area contributed by atoms with Gasteiger partial charge in [-0.25, -0.2) is 4.99 Å². The number of nitrogens with one attached hydrogen (secondary N) is 1. The molecule has 0 radical (unpaired) electrons. The molecule has 0 aliphatic carbocycles. The number of rotatable bonds is 10. The quantitative estimate of drug-likeness (QED) is 0.189. The molecule has 0 saturated heterocycles. The van der Waals surface area contributed by atoms with Crippen molar-refractivity contribution in [2.75, 3.05) is 7.05 Å². The highest BCUT2D eigenvalue weighted by Gasteiger charge is 2.13. The van der Waals surface area contributed by atoms with E-state index in [1.807, 2.05) is 70.0 Å². The summed E-state index contributed by atoms with van der Waals surface area (Å²) in [6.07, 6.45) is 7.01. The van der Waals surface area contributed by atoms with E-state index in [0.717, 1.165) is 22.4 Å². The van der Waals surface area contributed by atoms with E-state index < -0.39 is 6.17 Å². The van der Waals surface area contributed by atoms with Gasteiger partial charge in [-0.2, -0.15) is 0 Å². The first-order chi connectivity index (χ1) is 14.5. The number of likely N-dealkylation sites (N-methyl/N-ethyl adjacent to an activating group) is 1. The van der Waals surface area contributed by atoms with E-state index in [4.69, 9.17) is 12.2 Å². The summed E-state index contributed by atoms with van der Waals surface area (Å²) in [6, 6.07) is 7.61. The molecule has 0 amide bonds. The van der Waals surface area contributed by atoms with Crippen molar-refractivity contribution in [3.8, 4) is 12.3 Å². The van der Waals surface area contributed by atoms with E-state index in [9.17, 15) is 4.79 Å². The van der Waals surface area contributed by atoms with Gasteiger partial charge < -0.3 is 10.2 Å². The first kappa shape index (κ1) is 25.7. The zero-order valence-corrected chi connectivity index (χ0v) is 19.3. The summed E-state index contributed by atoms with van der Waals surface area (Å²) in [6.45, 7) is 19.9. The van der Waals surface area contributed by atoms with Crippen LogP contribution in [0.2, 0.25) is 0 Å². The molecule has 3 N–H and O–H groups in total. The average Bonchev–Trinajstić information content (AvgIpc) is 2.75. The number of carbonyl (C=O) groups is 1. The van der Waals surface area contributed by atoms with Crippen molar-refractivity contribution in [2.24, 2.45) is 10.7 Å². The Bertz CT molecular complexity index is 945. The van der Waals surface area contributed by atoms with Crippen molar-refractivity contribution < 1.29 is 4.79 Å². The number of Topliss-reactive ketones (excluding diaryl/α,β-unsaturated/α-hetero) is 1. The smallest absolute Gasteiger partial charge is 0.162 e. The number of nitrogens with two attached hydrogens (primary N) is 1. The molecule has 0 aromatic heterocycles. The van der Waals surface area contributed by atoms with Crippen LogP contribution in [0.15, 0.2) is 77.6 Å². The van der Waals surface area contributed by atoms with Gasteiger partial charge in [0.2, 0.25) is 0 Å². The van der Waals surface area contributed by atoms with Gasteiger partial charge in [0.05, 0.1) is 0 Å². The monoisotopic (exact) mass is 418 g/mol. The van der Waals surface area contributed by atoms with E-state index >= 15 is 0 Å². The van der Waals surface area contributed by atoms with Gasteiger partial charge in [0.25, 0.3) is 0 Å².